The second-order valence-corrected chi connectivity index (χ2v) is 13.2. The number of Topliss-reactive ketones (excluding diaryl/α,β-unsaturated/α-hetero) is 4. The van der Waals surface area contributed by atoms with E-state index in [1.54, 1.807) is 39.2 Å². The van der Waals surface area contributed by atoms with Gasteiger partial charge in [-0.25, -0.2) is 0 Å². The molecule has 12 nitrogen and oxygen atoms in total. The van der Waals surface area contributed by atoms with E-state index in [1.165, 1.54) is 4.90 Å². The quantitative estimate of drug-likeness (QED) is 0.325. The molecule has 1 aromatic carbocycles. The van der Waals surface area contributed by atoms with Crippen LogP contribution in [0.25, 0.3) is 0 Å². The van der Waals surface area contributed by atoms with Crippen LogP contribution >= 0.6 is 0 Å². The standard InChI is InChI=1S/C31H40N4O8/c1-13-7-6-8-16(13)30(42)33-12-15-11-19(34(2)3)17-9-14-10-18-23(35(4)5)26(38)22(29(32)41)28(40)31(18,43)27(39)20(14)25(37)21(17)24(15)36/h11,13-14,16,18,20,22-23,36,43H,6-10,12H2,1-5H3,(H2,32,41)(H,33,42)/t13?,14-,16-,18-,20?,22?,23-,31-/m0/s1. The van der Waals surface area contributed by atoms with Crippen LogP contribution in [0.5, 0.6) is 5.75 Å². The summed E-state index contributed by atoms with van der Waals surface area (Å²) < 4.78 is 0. The molecule has 0 aromatic heterocycles. The molecule has 4 aliphatic rings. The van der Waals surface area contributed by atoms with Gasteiger partial charge in [0.2, 0.25) is 11.8 Å². The van der Waals surface area contributed by atoms with Gasteiger partial charge in [-0.3, -0.25) is 33.7 Å². The molecule has 3 unspecified atom stereocenters. The minimum atomic E-state index is -2.78. The topological polar surface area (TPSA) is 187 Å². The number of fused-ring (bicyclic) bond motifs is 3. The summed E-state index contributed by atoms with van der Waals surface area (Å²) in [5.74, 6) is -10.9. The fraction of sp³-hybridized carbons (Fsp3) is 0.613. The van der Waals surface area contributed by atoms with Crippen LogP contribution in [-0.2, 0) is 36.9 Å². The number of rotatable bonds is 6. The van der Waals surface area contributed by atoms with Crippen LogP contribution in [0.2, 0.25) is 0 Å². The number of hydrogen-bond acceptors (Lipinski definition) is 10. The number of nitrogens with zero attached hydrogens (tertiary/aromatic N) is 2. The Morgan fingerprint density at radius 3 is 2.33 bits per heavy atom. The number of ketones is 4. The van der Waals surface area contributed by atoms with E-state index < -0.39 is 64.4 Å². The number of nitrogens with two attached hydrogens (primary N) is 1. The third-order valence-electron chi connectivity index (χ3n) is 10.2. The molecule has 0 bridgehead atoms. The fourth-order valence-electron chi connectivity index (χ4n) is 8.09. The normalized spacial score (nSPS) is 33.6. The van der Waals surface area contributed by atoms with Crippen molar-refractivity contribution < 1.29 is 39.0 Å². The number of phenols is 1. The van der Waals surface area contributed by atoms with Gasteiger partial charge < -0.3 is 26.2 Å². The zero-order valence-corrected chi connectivity index (χ0v) is 25.2. The minimum absolute atomic E-state index is 0.0189. The van der Waals surface area contributed by atoms with E-state index in [0.717, 1.165) is 19.3 Å². The highest BCUT2D eigenvalue weighted by Gasteiger charge is 2.69. The lowest BCUT2D eigenvalue weighted by Crippen LogP contribution is -2.74. The Morgan fingerprint density at radius 1 is 1.09 bits per heavy atom. The van der Waals surface area contributed by atoms with Gasteiger partial charge in [0.1, 0.15) is 5.75 Å². The highest BCUT2D eigenvalue weighted by molar-refractivity contribution is 6.32. The van der Waals surface area contributed by atoms with Crippen LogP contribution in [0.3, 0.4) is 0 Å². The average Bonchev–Trinajstić information content (AvgIpc) is 3.35. The first-order valence-corrected chi connectivity index (χ1v) is 14.8. The number of benzene rings is 1. The van der Waals surface area contributed by atoms with Crippen LogP contribution in [0.15, 0.2) is 6.07 Å². The second kappa shape index (κ2) is 10.8. The van der Waals surface area contributed by atoms with Gasteiger partial charge in [-0.1, -0.05) is 13.3 Å². The molecular formula is C31H40N4O8. The van der Waals surface area contributed by atoms with Crippen molar-refractivity contribution >= 4 is 40.6 Å². The number of anilines is 1. The van der Waals surface area contributed by atoms with Gasteiger partial charge >= 0.3 is 0 Å². The van der Waals surface area contributed by atoms with Crippen molar-refractivity contribution in [1.29, 1.82) is 0 Å². The Labute approximate surface area is 249 Å². The van der Waals surface area contributed by atoms with Crippen LogP contribution in [0.4, 0.5) is 5.69 Å². The van der Waals surface area contributed by atoms with Crippen molar-refractivity contribution in [2.24, 2.45) is 41.2 Å². The first-order valence-electron chi connectivity index (χ1n) is 14.8. The zero-order chi connectivity index (χ0) is 31.7. The SMILES string of the molecule is CC1CCC[C@@H]1C(=O)NCc1cc(N(C)C)c2c(c1O)C(=O)C1C(=O)[C@]3(O)C(=O)C(C(N)=O)C(=O)[C@@H](N(C)C)[C@@H]3C[C@@H]1C2. The summed E-state index contributed by atoms with van der Waals surface area (Å²) in [6.07, 6.45) is 2.87. The van der Waals surface area contributed by atoms with Gasteiger partial charge in [0.05, 0.1) is 17.5 Å². The molecular weight excluding hydrogens is 556 g/mol. The Morgan fingerprint density at radius 2 is 1.77 bits per heavy atom. The van der Waals surface area contributed by atoms with Gasteiger partial charge in [-0.2, -0.15) is 0 Å². The van der Waals surface area contributed by atoms with Crippen LogP contribution in [0, 0.1) is 35.5 Å². The summed E-state index contributed by atoms with van der Waals surface area (Å²) in [6, 6.07) is 0.561. The number of primary amides is 1. The highest BCUT2D eigenvalue weighted by atomic mass is 16.3. The van der Waals surface area contributed by atoms with E-state index in [0.29, 0.717) is 16.8 Å². The van der Waals surface area contributed by atoms with Gasteiger partial charge in [0, 0.05) is 43.7 Å². The molecule has 0 heterocycles. The lowest BCUT2D eigenvalue weighted by atomic mass is 9.52. The van der Waals surface area contributed by atoms with E-state index >= 15 is 0 Å². The van der Waals surface area contributed by atoms with Crippen molar-refractivity contribution in [2.45, 2.75) is 57.2 Å². The molecule has 0 aliphatic heterocycles. The molecule has 3 saturated carbocycles. The van der Waals surface area contributed by atoms with Gasteiger partial charge in [0.15, 0.2) is 34.7 Å². The van der Waals surface area contributed by atoms with Crippen molar-refractivity contribution in [2.75, 3.05) is 33.1 Å². The third kappa shape index (κ3) is 4.57. The fourth-order valence-corrected chi connectivity index (χ4v) is 8.09. The van der Waals surface area contributed by atoms with E-state index in [1.807, 2.05) is 6.92 Å². The second-order valence-electron chi connectivity index (χ2n) is 13.2. The maximum atomic E-state index is 14.1. The predicted octanol–water partition coefficient (Wildman–Crippen LogP) is -0.0146. The van der Waals surface area contributed by atoms with Crippen molar-refractivity contribution in [1.82, 2.24) is 10.2 Å². The summed E-state index contributed by atoms with van der Waals surface area (Å²) in [6.45, 7) is 2.00. The zero-order valence-electron chi connectivity index (χ0n) is 25.2. The Balaban J connectivity index is 1.55. The van der Waals surface area contributed by atoms with E-state index in [-0.39, 0.29) is 48.4 Å². The Hall–Kier alpha value is -3.64. The van der Waals surface area contributed by atoms with Gasteiger partial charge in [-0.05, 0) is 63.2 Å². The first kappa shape index (κ1) is 30.8. The number of amides is 2. The lowest BCUT2D eigenvalue weighted by Gasteiger charge is -2.52. The van der Waals surface area contributed by atoms with Crippen molar-refractivity contribution in [3.63, 3.8) is 0 Å². The van der Waals surface area contributed by atoms with E-state index in [9.17, 15) is 39.0 Å². The number of aromatic hydroxyl groups is 1. The lowest BCUT2D eigenvalue weighted by molar-refractivity contribution is -0.181. The minimum Gasteiger partial charge on any atom is -0.507 e. The summed E-state index contributed by atoms with van der Waals surface area (Å²) in [5, 5.41) is 26.0. The summed E-state index contributed by atoms with van der Waals surface area (Å²) in [4.78, 5) is 83.2. The summed E-state index contributed by atoms with van der Waals surface area (Å²) >= 11 is 0. The molecule has 0 radical (unpaired) electrons. The molecule has 8 atom stereocenters. The molecule has 5 N–H and O–H groups in total. The smallest absolute Gasteiger partial charge is 0.235 e. The summed E-state index contributed by atoms with van der Waals surface area (Å²) in [7, 11) is 6.65. The molecule has 0 saturated heterocycles. The highest BCUT2D eigenvalue weighted by Crippen LogP contribution is 2.52. The number of likely N-dealkylation sites (N-methyl/N-ethyl adjacent to an activating group) is 1. The molecule has 3 fully saturated rings. The van der Waals surface area contributed by atoms with Crippen LogP contribution in [0.1, 0.15) is 54.1 Å². The number of carbonyl (C=O) groups excluding carboxylic acids is 6. The van der Waals surface area contributed by atoms with E-state index in [4.69, 9.17) is 5.73 Å². The number of aliphatic hydroxyl groups is 1. The molecule has 4 aliphatic carbocycles. The van der Waals surface area contributed by atoms with E-state index in [2.05, 4.69) is 5.32 Å². The molecule has 5 rings (SSSR count). The largest absolute Gasteiger partial charge is 0.507 e. The summed E-state index contributed by atoms with van der Waals surface area (Å²) in [5.41, 5.74) is 3.95. The molecule has 1 aromatic rings. The Bertz CT molecular complexity index is 1440. The van der Waals surface area contributed by atoms with Gasteiger partial charge in [0.25, 0.3) is 0 Å². The number of carbonyl (C=O) groups is 6. The molecule has 2 amide bonds. The number of nitrogens with one attached hydrogen (secondary N) is 1. The average molecular weight is 597 g/mol. The van der Waals surface area contributed by atoms with Crippen molar-refractivity contribution in [3.8, 4) is 5.75 Å². The molecule has 12 heteroatoms. The molecule has 43 heavy (non-hydrogen) atoms. The van der Waals surface area contributed by atoms with Crippen LogP contribution in [-0.4, -0.2) is 89.9 Å². The monoisotopic (exact) mass is 596 g/mol. The maximum Gasteiger partial charge on any atom is 0.235 e. The maximum absolute atomic E-state index is 14.1. The predicted molar refractivity (Wildman–Crippen MR) is 154 cm³/mol. The van der Waals surface area contributed by atoms with Crippen molar-refractivity contribution in [3.05, 3.63) is 22.8 Å². The first-order chi connectivity index (χ1) is 20.1. The number of hydrogen-bond donors (Lipinski definition) is 4. The van der Waals surface area contributed by atoms with Crippen LogP contribution < -0.4 is 16.0 Å². The Kier molecular flexibility index (Phi) is 7.75. The number of phenolic OH excluding ortho intramolecular Hbond substituents is 1. The third-order valence-corrected chi connectivity index (χ3v) is 10.2. The molecule has 0 spiro atoms. The van der Waals surface area contributed by atoms with Gasteiger partial charge in [-0.15, -0.1) is 0 Å². The molecule has 232 valence electrons.